The highest BCUT2D eigenvalue weighted by Gasteiger charge is 2.28. The zero-order chi connectivity index (χ0) is 18.9. The molecular formula is C23H44O3. The SMILES string of the molecule is CCCCCCCCCCC(CCCCCCCC)C1OC=C(CO)O1. The average molecular weight is 369 g/mol. The Morgan fingerprint density at radius 1 is 0.769 bits per heavy atom. The van der Waals surface area contributed by atoms with Gasteiger partial charge in [-0.05, 0) is 12.8 Å². The Morgan fingerprint density at radius 3 is 1.65 bits per heavy atom. The molecule has 3 heteroatoms. The highest BCUT2D eigenvalue weighted by atomic mass is 16.7. The summed E-state index contributed by atoms with van der Waals surface area (Å²) < 4.78 is 11.5. The minimum Gasteiger partial charge on any atom is -0.459 e. The molecule has 0 saturated carbocycles. The molecule has 0 radical (unpaired) electrons. The van der Waals surface area contributed by atoms with Gasteiger partial charge < -0.3 is 14.6 Å². The molecule has 2 unspecified atom stereocenters. The molecule has 2 atom stereocenters. The molecule has 0 spiro atoms. The molecule has 0 amide bonds. The van der Waals surface area contributed by atoms with Gasteiger partial charge in [-0.25, -0.2) is 0 Å². The molecular weight excluding hydrogens is 324 g/mol. The van der Waals surface area contributed by atoms with Crippen molar-refractivity contribution in [2.24, 2.45) is 5.92 Å². The highest BCUT2D eigenvalue weighted by Crippen LogP contribution is 2.29. The standard InChI is InChI=1S/C23H44O3/c1-3-5-7-9-11-12-14-16-18-21(17-15-13-10-8-6-4-2)23-25-20-22(19-24)26-23/h20-21,23-24H,3-19H2,1-2H3. The van der Waals surface area contributed by atoms with Crippen LogP contribution >= 0.6 is 0 Å². The molecule has 3 nitrogen and oxygen atoms in total. The number of aliphatic hydroxyl groups excluding tert-OH is 1. The molecule has 0 aromatic heterocycles. The van der Waals surface area contributed by atoms with Gasteiger partial charge in [-0.15, -0.1) is 0 Å². The lowest BCUT2D eigenvalue weighted by Gasteiger charge is -2.23. The zero-order valence-electron chi connectivity index (χ0n) is 17.5. The van der Waals surface area contributed by atoms with Crippen LogP contribution in [0, 0.1) is 5.92 Å². The third-order valence-electron chi connectivity index (χ3n) is 5.50. The van der Waals surface area contributed by atoms with Gasteiger partial charge in [0.1, 0.15) is 12.9 Å². The summed E-state index contributed by atoms with van der Waals surface area (Å²) >= 11 is 0. The topological polar surface area (TPSA) is 38.7 Å². The number of ether oxygens (including phenoxy) is 2. The zero-order valence-corrected chi connectivity index (χ0v) is 17.5. The van der Waals surface area contributed by atoms with Crippen LogP contribution in [0.3, 0.4) is 0 Å². The Hall–Kier alpha value is -0.700. The van der Waals surface area contributed by atoms with Gasteiger partial charge in [0, 0.05) is 5.92 Å². The predicted octanol–water partition coefficient (Wildman–Crippen LogP) is 7.09. The number of aliphatic hydroxyl groups is 1. The van der Waals surface area contributed by atoms with E-state index >= 15 is 0 Å². The quantitative estimate of drug-likeness (QED) is 0.262. The first kappa shape index (κ1) is 23.3. The van der Waals surface area contributed by atoms with Gasteiger partial charge in [0.05, 0.1) is 0 Å². The van der Waals surface area contributed by atoms with Crippen molar-refractivity contribution in [3.05, 3.63) is 12.0 Å². The Morgan fingerprint density at radius 2 is 1.23 bits per heavy atom. The molecule has 1 heterocycles. The van der Waals surface area contributed by atoms with Crippen LogP contribution in [-0.2, 0) is 9.47 Å². The van der Waals surface area contributed by atoms with Crippen molar-refractivity contribution in [3.8, 4) is 0 Å². The van der Waals surface area contributed by atoms with Crippen molar-refractivity contribution in [1.29, 1.82) is 0 Å². The molecule has 1 rings (SSSR count). The number of hydrogen-bond donors (Lipinski definition) is 1. The lowest BCUT2D eigenvalue weighted by atomic mass is 9.93. The third-order valence-corrected chi connectivity index (χ3v) is 5.50. The smallest absolute Gasteiger partial charge is 0.243 e. The van der Waals surface area contributed by atoms with Gasteiger partial charge >= 0.3 is 0 Å². The first-order valence-electron chi connectivity index (χ1n) is 11.4. The van der Waals surface area contributed by atoms with Crippen molar-refractivity contribution < 1.29 is 14.6 Å². The highest BCUT2D eigenvalue weighted by molar-refractivity contribution is 4.93. The Bertz CT molecular complexity index is 340. The maximum atomic E-state index is 9.22. The minimum absolute atomic E-state index is 0.0575. The van der Waals surface area contributed by atoms with Crippen molar-refractivity contribution in [3.63, 3.8) is 0 Å². The van der Waals surface area contributed by atoms with Crippen LogP contribution in [0.4, 0.5) is 0 Å². The normalized spacial score (nSPS) is 17.7. The van der Waals surface area contributed by atoms with E-state index in [2.05, 4.69) is 13.8 Å². The third kappa shape index (κ3) is 11.1. The second-order valence-corrected chi connectivity index (χ2v) is 7.94. The van der Waals surface area contributed by atoms with Crippen LogP contribution in [0.1, 0.15) is 117 Å². The van der Waals surface area contributed by atoms with E-state index in [-0.39, 0.29) is 12.9 Å². The summed E-state index contributed by atoms with van der Waals surface area (Å²) in [5, 5.41) is 9.22. The summed E-state index contributed by atoms with van der Waals surface area (Å²) in [5.41, 5.74) is 0. The molecule has 154 valence electrons. The van der Waals surface area contributed by atoms with Gasteiger partial charge in [-0.3, -0.25) is 0 Å². The van der Waals surface area contributed by atoms with Gasteiger partial charge in [-0.1, -0.05) is 104 Å². The van der Waals surface area contributed by atoms with E-state index in [0.717, 1.165) is 0 Å². The van der Waals surface area contributed by atoms with Crippen molar-refractivity contribution >= 4 is 0 Å². The fraction of sp³-hybridized carbons (Fsp3) is 0.913. The van der Waals surface area contributed by atoms with Crippen molar-refractivity contribution in [2.45, 2.75) is 123 Å². The summed E-state index contributed by atoms with van der Waals surface area (Å²) in [4.78, 5) is 0. The van der Waals surface area contributed by atoms with Gasteiger partial charge in [0.25, 0.3) is 0 Å². The van der Waals surface area contributed by atoms with Crippen LogP contribution < -0.4 is 0 Å². The van der Waals surface area contributed by atoms with Gasteiger partial charge in [-0.2, -0.15) is 0 Å². The summed E-state index contributed by atoms with van der Waals surface area (Å²) in [6.45, 7) is 4.48. The Balaban J connectivity index is 2.19. The van der Waals surface area contributed by atoms with E-state index in [4.69, 9.17) is 9.47 Å². The lowest BCUT2D eigenvalue weighted by molar-refractivity contribution is -0.0836. The summed E-state index contributed by atoms with van der Waals surface area (Å²) in [7, 11) is 0. The van der Waals surface area contributed by atoms with E-state index in [1.807, 2.05) is 0 Å². The first-order chi connectivity index (χ1) is 12.8. The summed E-state index contributed by atoms with van der Waals surface area (Å²) in [6, 6.07) is 0. The molecule has 26 heavy (non-hydrogen) atoms. The number of hydrogen-bond acceptors (Lipinski definition) is 3. The second kappa shape index (κ2) is 16.5. The van der Waals surface area contributed by atoms with Crippen LogP contribution in [0.15, 0.2) is 12.0 Å². The Labute approximate surface area is 162 Å². The monoisotopic (exact) mass is 368 g/mol. The lowest BCUT2D eigenvalue weighted by Crippen LogP contribution is -2.22. The molecule has 0 bridgehead atoms. The largest absolute Gasteiger partial charge is 0.459 e. The fourth-order valence-corrected chi connectivity index (χ4v) is 3.77. The van der Waals surface area contributed by atoms with Crippen molar-refractivity contribution in [2.75, 3.05) is 6.61 Å². The molecule has 1 aliphatic heterocycles. The molecule has 0 aromatic carbocycles. The molecule has 0 aromatic rings. The summed E-state index contributed by atoms with van der Waals surface area (Å²) in [5.74, 6) is 1.04. The van der Waals surface area contributed by atoms with Gasteiger partial charge in [0.15, 0.2) is 5.76 Å². The molecule has 0 saturated heterocycles. The first-order valence-corrected chi connectivity index (χ1v) is 11.4. The number of unbranched alkanes of at least 4 members (excludes halogenated alkanes) is 12. The minimum atomic E-state index is -0.169. The van der Waals surface area contributed by atoms with E-state index in [1.165, 1.54) is 103 Å². The van der Waals surface area contributed by atoms with E-state index in [1.54, 1.807) is 6.26 Å². The second-order valence-electron chi connectivity index (χ2n) is 7.94. The molecule has 0 fully saturated rings. The fourth-order valence-electron chi connectivity index (χ4n) is 3.77. The predicted molar refractivity (Wildman–Crippen MR) is 110 cm³/mol. The average Bonchev–Trinajstić information content (AvgIpc) is 3.14. The van der Waals surface area contributed by atoms with E-state index < -0.39 is 0 Å². The summed E-state index contributed by atoms with van der Waals surface area (Å²) in [6.07, 6.45) is 22.6. The molecule has 0 aliphatic carbocycles. The molecule has 1 aliphatic rings. The van der Waals surface area contributed by atoms with Crippen LogP contribution in [0.2, 0.25) is 0 Å². The van der Waals surface area contributed by atoms with Crippen molar-refractivity contribution in [1.82, 2.24) is 0 Å². The Kier molecular flexibility index (Phi) is 14.8. The van der Waals surface area contributed by atoms with Crippen LogP contribution in [-0.4, -0.2) is 18.0 Å². The maximum Gasteiger partial charge on any atom is 0.243 e. The van der Waals surface area contributed by atoms with Crippen LogP contribution in [0.5, 0.6) is 0 Å². The number of rotatable bonds is 18. The molecule has 1 N–H and O–H groups in total. The van der Waals surface area contributed by atoms with Gasteiger partial charge in [0.2, 0.25) is 6.29 Å². The van der Waals surface area contributed by atoms with E-state index in [0.29, 0.717) is 11.7 Å². The van der Waals surface area contributed by atoms with Crippen LogP contribution in [0.25, 0.3) is 0 Å². The van der Waals surface area contributed by atoms with E-state index in [9.17, 15) is 5.11 Å². The maximum absolute atomic E-state index is 9.22.